The van der Waals surface area contributed by atoms with E-state index in [0.29, 0.717) is 18.1 Å². The Morgan fingerprint density at radius 3 is 2.85 bits per heavy atom. The second-order valence-electron chi connectivity index (χ2n) is 6.03. The Morgan fingerprint density at radius 2 is 2.20 bits per heavy atom. The summed E-state index contributed by atoms with van der Waals surface area (Å²) in [6.45, 7) is 7.10. The van der Waals surface area contributed by atoms with Crippen molar-refractivity contribution in [3.05, 3.63) is 0 Å². The van der Waals surface area contributed by atoms with E-state index >= 15 is 0 Å². The highest BCUT2D eigenvalue weighted by Crippen LogP contribution is 2.51. The molecule has 1 aliphatic heterocycles. The number of methoxy groups -OCH3 is 1. The van der Waals surface area contributed by atoms with Gasteiger partial charge in [0, 0.05) is 51.3 Å². The van der Waals surface area contributed by atoms with Crippen LogP contribution < -0.4 is 10.6 Å². The van der Waals surface area contributed by atoms with Gasteiger partial charge in [0.15, 0.2) is 5.96 Å². The second-order valence-corrected chi connectivity index (χ2v) is 6.03. The molecule has 6 heteroatoms. The summed E-state index contributed by atoms with van der Waals surface area (Å²) in [5, 5.41) is 6.90. The number of rotatable bonds is 5. The van der Waals surface area contributed by atoms with Crippen molar-refractivity contribution in [1.82, 2.24) is 10.6 Å². The molecule has 2 fully saturated rings. The predicted octanol–water partition coefficient (Wildman–Crippen LogP) is 1.62. The SMILES string of the molecule is CN=C(NCCCOC)NC1C2CCOC2C1(C)C.I. The first-order valence-electron chi connectivity index (χ1n) is 7.19. The molecule has 0 radical (unpaired) electrons. The van der Waals surface area contributed by atoms with Crippen LogP contribution >= 0.6 is 24.0 Å². The van der Waals surface area contributed by atoms with Gasteiger partial charge in [0.1, 0.15) is 0 Å². The highest BCUT2D eigenvalue weighted by atomic mass is 127. The molecule has 1 saturated heterocycles. The number of aliphatic imine (C=N–C) groups is 1. The molecule has 1 saturated carbocycles. The molecule has 3 atom stereocenters. The Hall–Kier alpha value is -0.0800. The Bertz CT molecular complexity index is 336. The largest absolute Gasteiger partial charge is 0.385 e. The van der Waals surface area contributed by atoms with Gasteiger partial charge in [-0.25, -0.2) is 0 Å². The number of nitrogens with zero attached hydrogens (tertiary/aromatic N) is 1. The Labute approximate surface area is 139 Å². The van der Waals surface area contributed by atoms with Gasteiger partial charge in [-0.2, -0.15) is 0 Å². The van der Waals surface area contributed by atoms with Gasteiger partial charge in [-0.15, -0.1) is 24.0 Å². The zero-order valence-electron chi connectivity index (χ0n) is 12.9. The average Bonchev–Trinajstić information content (AvgIpc) is 2.84. The molecule has 0 aromatic carbocycles. The van der Waals surface area contributed by atoms with Crippen LogP contribution in [0.15, 0.2) is 4.99 Å². The summed E-state index contributed by atoms with van der Waals surface area (Å²) in [7, 11) is 3.55. The van der Waals surface area contributed by atoms with Crippen molar-refractivity contribution in [3.63, 3.8) is 0 Å². The molecule has 3 unspecified atom stereocenters. The van der Waals surface area contributed by atoms with Crippen LogP contribution in [0.3, 0.4) is 0 Å². The fourth-order valence-electron chi connectivity index (χ4n) is 3.38. The fraction of sp³-hybridized carbons (Fsp3) is 0.929. The topological polar surface area (TPSA) is 54.9 Å². The number of nitrogens with one attached hydrogen (secondary N) is 2. The van der Waals surface area contributed by atoms with Crippen molar-refractivity contribution in [2.24, 2.45) is 16.3 Å². The highest BCUT2D eigenvalue weighted by molar-refractivity contribution is 14.0. The lowest BCUT2D eigenvalue weighted by Crippen LogP contribution is -2.68. The monoisotopic (exact) mass is 397 g/mol. The zero-order chi connectivity index (χ0) is 13.9. The Kier molecular flexibility index (Phi) is 7.00. The summed E-state index contributed by atoms with van der Waals surface area (Å²) in [6, 6.07) is 0.452. The summed E-state index contributed by atoms with van der Waals surface area (Å²) in [4.78, 5) is 4.30. The first kappa shape index (κ1) is 18.0. The van der Waals surface area contributed by atoms with E-state index in [1.165, 1.54) is 0 Å². The number of fused-ring (bicyclic) bond motifs is 1. The van der Waals surface area contributed by atoms with Crippen molar-refractivity contribution >= 4 is 29.9 Å². The van der Waals surface area contributed by atoms with Gasteiger partial charge in [-0.3, -0.25) is 4.99 Å². The quantitative estimate of drug-likeness (QED) is 0.321. The van der Waals surface area contributed by atoms with Crippen LogP contribution in [0.2, 0.25) is 0 Å². The summed E-state index contributed by atoms with van der Waals surface area (Å²) < 4.78 is 10.9. The third kappa shape index (κ3) is 3.57. The molecular weight excluding hydrogens is 369 g/mol. The van der Waals surface area contributed by atoms with Gasteiger partial charge >= 0.3 is 0 Å². The first-order valence-corrected chi connectivity index (χ1v) is 7.19. The lowest BCUT2D eigenvalue weighted by atomic mass is 9.57. The molecule has 0 bridgehead atoms. The summed E-state index contributed by atoms with van der Waals surface area (Å²) in [6.07, 6.45) is 2.56. The maximum Gasteiger partial charge on any atom is 0.191 e. The van der Waals surface area contributed by atoms with Gasteiger partial charge < -0.3 is 20.1 Å². The van der Waals surface area contributed by atoms with Crippen molar-refractivity contribution in [2.75, 3.05) is 33.9 Å². The molecular formula is C14H28IN3O2. The minimum Gasteiger partial charge on any atom is -0.385 e. The van der Waals surface area contributed by atoms with Crippen LogP contribution in [-0.2, 0) is 9.47 Å². The summed E-state index contributed by atoms with van der Waals surface area (Å²) >= 11 is 0. The van der Waals surface area contributed by atoms with Crippen molar-refractivity contribution in [2.45, 2.75) is 38.8 Å². The standard InChI is InChI=1S/C14H27N3O2.HI/c1-14(2)11(10-6-9-19-12(10)14)17-13(15-3)16-7-5-8-18-4;/h10-12H,5-9H2,1-4H3,(H2,15,16,17);1H. The normalized spacial score (nSPS) is 31.0. The van der Waals surface area contributed by atoms with E-state index in [2.05, 4.69) is 29.5 Å². The van der Waals surface area contributed by atoms with Gasteiger partial charge in [0.2, 0.25) is 0 Å². The van der Waals surface area contributed by atoms with E-state index in [0.717, 1.165) is 38.6 Å². The Morgan fingerprint density at radius 1 is 1.45 bits per heavy atom. The third-order valence-electron chi connectivity index (χ3n) is 4.43. The molecule has 0 aromatic rings. The highest BCUT2D eigenvalue weighted by Gasteiger charge is 2.59. The van der Waals surface area contributed by atoms with E-state index in [4.69, 9.17) is 9.47 Å². The molecule has 2 N–H and O–H groups in total. The molecule has 0 spiro atoms. The number of hydrogen-bond donors (Lipinski definition) is 2. The van der Waals surface area contributed by atoms with Crippen LogP contribution in [0.4, 0.5) is 0 Å². The number of ether oxygens (including phenoxy) is 2. The van der Waals surface area contributed by atoms with Gasteiger partial charge in [0.05, 0.1) is 6.10 Å². The van der Waals surface area contributed by atoms with Gasteiger partial charge in [0.25, 0.3) is 0 Å². The molecule has 20 heavy (non-hydrogen) atoms. The van der Waals surface area contributed by atoms with Crippen molar-refractivity contribution < 1.29 is 9.47 Å². The molecule has 5 nitrogen and oxygen atoms in total. The van der Waals surface area contributed by atoms with E-state index in [1.54, 1.807) is 7.11 Å². The molecule has 1 heterocycles. The van der Waals surface area contributed by atoms with Crippen molar-refractivity contribution in [1.29, 1.82) is 0 Å². The summed E-state index contributed by atoms with van der Waals surface area (Å²) in [5.41, 5.74) is 0.186. The average molecular weight is 397 g/mol. The molecule has 118 valence electrons. The lowest BCUT2D eigenvalue weighted by Gasteiger charge is -2.54. The number of hydrogen-bond acceptors (Lipinski definition) is 3. The van der Waals surface area contributed by atoms with Gasteiger partial charge in [-0.1, -0.05) is 13.8 Å². The molecule has 0 amide bonds. The summed E-state index contributed by atoms with van der Waals surface area (Å²) in [5.74, 6) is 1.52. The van der Waals surface area contributed by atoms with Gasteiger partial charge in [-0.05, 0) is 12.8 Å². The van der Waals surface area contributed by atoms with Crippen LogP contribution in [0.1, 0.15) is 26.7 Å². The zero-order valence-corrected chi connectivity index (χ0v) is 15.3. The predicted molar refractivity (Wildman–Crippen MR) is 91.8 cm³/mol. The van der Waals surface area contributed by atoms with Crippen LogP contribution in [0.5, 0.6) is 0 Å². The number of halogens is 1. The van der Waals surface area contributed by atoms with E-state index in [9.17, 15) is 0 Å². The lowest BCUT2D eigenvalue weighted by molar-refractivity contribution is -0.106. The van der Waals surface area contributed by atoms with Crippen LogP contribution in [0.25, 0.3) is 0 Å². The molecule has 0 aromatic heterocycles. The van der Waals surface area contributed by atoms with E-state index in [1.807, 2.05) is 7.05 Å². The molecule has 2 rings (SSSR count). The molecule has 2 aliphatic rings. The first-order chi connectivity index (χ1) is 9.11. The second kappa shape index (κ2) is 7.79. The minimum atomic E-state index is 0. The smallest absolute Gasteiger partial charge is 0.191 e. The van der Waals surface area contributed by atoms with E-state index in [-0.39, 0.29) is 29.4 Å². The van der Waals surface area contributed by atoms with Crippen LogP contribution in [0, 0.1) is 11.3 Å². The third-order valence-corrected chi connectivity index (χ3v) is 4.43. The minimum absolute atomic E-state index is 0. The fourth-order valence-corrected chi connectivity index (χ4v) is 3.38. The van der Waals surface area contributed by atoms with Crippen molar-refractivity contribution in [3.8, 4) is 0 Å². The maximum absolute atomic E-state index is 5.81. The van der Waals surface area contributed by atoms with E-state index < -0.39 is 0 Å². The van der Waals surface area contributed by atoms with Crippen LogP contribution in [-0.4, -0.2) is 52.0 Å². The Balaban J connectivity index is 0.00000200. The number of guanidine groups is 1. The maximum atomic E-state index is 5.81. The molecule has 1 aliphatic carbocycles.